The Balaban J connectivity index is 1.57. The first-order valence-electron chi connectivity index (χ1n) is 7.81. The van der Waals surface area contributed by atoms with Gasteiger partial charge >= 0.3 is 0 Å². The highest BCUT2D eigenvalue weighted by Crippen LogP contribution is 2.12. The maximum absolute atomic E-state index is 4.39. The lowest BCUT2D eigenvalue weighted by Crippen LogP contribution is -2.33. The average molecular weight is 310 g/mol. The first-order valence-corrected chi connectivity index (χ1v) is 7.81. The second kappa shape index (κ2) is 6.75. The van der Waals surface area contributed by atoms with Crippen LogP contribution >= 0.6 is 0 Å². The molecule has 0 bridgehead atoms. The molecule has 0 radical (unpaired) electrons. The van der Waals surface area contributed by atoms with Crippen molar-refractivity contribution in [2.75, 3.05) is 0 Å². The van der Waals surface area contributed by atoms with Crippen LogP contribution in [0.3, 0.4) is 0 Å². The van der Waals surface area contributed by atoms with E-state index < -0.39 is 0 Å². The molecule has 0 spiro atoms. The minimum absolute atomic E-state index is 0.304. The zero-order chi connectivity index (χ0) is 16.2. The molecule has 1 N–H and O–H groups in total. The zero-order valence-corrected chi connectivity index (χ0v) is 13.7. The Morgan fingerprint density at radius 1 is 1.13 bits per heavy atom. The normalized spacial score (nSPS) is 13.9. The average Bonchev–Trinajstić information content (AvgIpc) is 3.24. The minimum Gasteiger partial charge on any atom is -0.308 e. The highest BCUT2D eigenvalue weighted by atomic mass is 15.3. The van der Waals surface area contributed by atoms with Gasteiger partial charge < -0.3 is 5.32 Å². The van der Waals surface area contributed by atoms with Crippen LogP contribution in [0.5, 0.6) is 0 Å². The fourth-order valence-electron chi connectivity index (χ4n) is 2.44. The standard InChI is InChI=1S/C17H22N6/c1-13-8-20-22(10-13)15(3)14(2)19-9-16-4-6-17(7-5-16)23-12-18-11-21-23/h4-8,10-12,14-15,19H,9H2,1-3H3/t14-,15-/m1/s1. The topological polar surface area (TPSA) is 60.6 Å². The summed E-state index contributed by atoms with van der Waals surface area (Å²) in [5, 5.41) is 12.1. The number of hydrogen-bond donors (Lipinski definition) is 1. The molecule has 0 amide bonds. The van der Waals surface area contributed by atoms with Crippen molar-refractivity contribution in [2.45, 2.75) is 39.4 Å². The molecule has 0 aliphatic rings. The first-order chi connectivity index (χ1) is 11.1. The number of aryl methyl sites for hydroxylation is 1. The van der Waals surface area contributed by atoms with Crippen LogP contribution in [0.2, 0.25) is 0 Å². The summed E-state index contributed by atoms with van der Waals surface area (Å²) in [6.45, 7) is 7.25. The van der Waals surface area contributed by atoms with Gasteiger partial charge in [0.15, 0.2) is 0 Å². The fraction of sp³-hybridized carbons (Fsp3) is 0.353. The van der Waals surface area contributed by atoms with Crippen LogP contribution in [0.25, 0.3) is 5.69 Å². The van der Waals surface area contributed by atoms with Crippen molar-refractivity contribution in [2.24, 2.45) is 0 Å². The molecule has 0 saturated heterocycles. The summed E-state index contributed by atoms with van der Waals surface area (Å²) >= 11 is 0. The first kappa shape index (κ1) is 15.4. The van der Waals surface area contributed by atoms with Gasteiger partial charge in [0.05, 0.1) is 17.9 Å². The summed E-state index contributed by atoms with van der Waals surface area (Å²) in [5.74, 6) is 0. The van der Waals surface area contributed by atoms with E-state index in [-0.39, 0.29) is 0 Å². The van der Waals surface area contributed by atoms with Gasteiger partial charge in [0.1, 0.15) is 12.7 Å². The molecule has 23 heavy (non-hydrogen) atoms. The molecule has 0 saturated carbocycles. The Kier molecular flexibility index (Phi) is 4.52. The summed E-state index contributed by atoms with van der Waals surface area (Å²) < 4.78 is 3.77. The molecule has 3 aromatic rings. The van der Waals surface area contributed by atoms with Crippen molar-refractivity contribution >= 4 is 0 Å². The number of rotatable bonds is 6. The van der Waals surface area contributed by atoms with Crippen LogP contribution < -0.4 is 5.32 Å². The summed E-state index contributed by atoms with van der Waals surface area (Å²) in [6, 6.07) is 8.95. The van der Waals surface area contributed by atoms with E-state index in [1.165, 1.54) is 17.5 Å². The lowest BCUT2D eigenvalue weighted by atomic mass is 10.1. The van der Waals surface area contributed by atoms with E-state index >= 15 is 0 Å². The van der Waals surface area contributed by atoms with Crippen molar-refractivity contribution in [1.29, 1.82) is 0 Å². The molecule has 0 unspecified atom stereocenters. The van der Waals surface area contributed by atoms with Crippen LogP contribution in [0.4, 0.5) is 0 Å². The Morgan fingerprint density at radius 3 is 2.52 bits per heavy atom. The number of aromatic nitrogens is 5. The smallest absolute Gasteiger partial charge is 0.138 e. The van der Waals surface area contributed by atoms with Gasteiger partial charge in [-0.25, -0.2) is 9.67 Å². The Labute approximate surface area is 136 Å². The predicted octanol–water partition coefficient (Wildman–Crippen LogP) is 2.51. The molecular formula is C17H22N6. The van der Waals surface area contributed by atoms with Crippen LogP contribution in [-0.4, -0.2) is 30.6 Å². The van der Waals surface area contributed by atoms with Gasteiger partial charge in [-0.3, -0.25) is 4.68 Å². The molecular weight excluding hydrogens is 288 g/mol. The molecule has 2 atom stereocenters. The molecule has 3 rings (SSSR count). The molecule has 0 aliphatic carbocycles. The maximum atomic E-state index is 4.39. The van der Waals surface area contributed by atoms with Gasteiger partial charge in [-0.2, -0.15) is 10.2 Å². The van der Waals surface area contributed by atoms with Gasteiger partial charge in [-0.1, -0.05) is 12.1 Å². The minimum atomic E-state index is 0.304. The van der Waals surface area contributed by atoms with Crippen molar-refractivity contribution in [3.63, 3.8) is 0 Å². The number of nitrogens with one attached hydrogen (secondary N) is 1. The van der Waals surface area contributed by atoms with Gasteiger partial charge in [-0.15, -0.1) is 0 Å². The van der Waals surface area contributed by atoms with E-state index in [1.807, 2.05) is 10.9 Å². The molecule has 1 aromatic carbocycles. The van der Waals surface area contributed by atoms with E-state index in [4.69, 9.17) is 0 Å². The van der Waals surface area contributed by atoms with Gasteiger partial charge in [-0.05, 0) is 44.0 Å². The van der Waals surface area contributed by atoms with E-state index in [1.54, 1.807) is 11.0 Å². The largest absolute Gasteiger partial charge is 0.308 e. The molecule has 0 aliphatic heterocycles. The molecule has 2 aromatic heterocycles. The molecule has 0 fully saturated rings. The second-order valence-electron chi connectivity index (χ2n) is 5.91. The third-order valence-electron chi connectivity index (χ3n) is 4.12. The molecule has 120 valence electrons. The summed E-state index contributed by atoms with van der Waals surface area (Å²) in [7, 11) is 0. The van der Waals surface area contributed by atoms with Crippen LogP contribution in [0.15, 0.2) is 49.3 Å². The molecule has 2 heterocycles. The van der Waals surface area contributed by atoms with E-state index in [9.17, 15) is 0 Å². The van der Waals surface area contributed by atoms with Crippen molar-refractivity contribution in [1.82, 2.24) is 29.9 Å². The third kappa shape index (κ3) is 3.65. The van der Waals surface area contributed by atoms with E-state index in [2.05, 4.69) is 71.7 Å². The van der Waals surface area contributed by atoms with Gasteiger partial charge in [0.25, 0.3) is 0 Å². The fourth-order valence-corrected chi connectivity index (χ4v) is 2.44. The Bertz CT molecular complexity index is 729. The van der Waals surface area contributed by atoms with Crippen LogP contribution in [0.1, 0.15) is 31.0 Å². The predicted molar refractivity (Wildman–Crippen MR) is 89.3 cm³/mol. The third-order valence-corrected chi connectivity index (χ3v) is 4.12. The summed E-state index contributed by atoms with van der Waals surface area (Å²) in [5.41, 5.74) is 3.44. The SMILES string of the molecule is Cc1cnn([C@H](C)[C@@H](C)NCc2ccc(-n3cncn3)cc2)c1. The second-order valence-corrected chi connectivity index (χ2v) is 5.91. The lowest BCUT2D eigenvalue weighted by Gasteiger charge is -2.22. The van der Waals surface area contributed by atoms with Crippen molar-refractivity contribution in [3.8, 4) is 5.69 Å². The van der Waals surface area contributed by atoms with Gasteiger partial charge in [0.2, 0.25) is 0 Å². The maximum Gasteiger partial charge on any atom is 0.138 e. The number of benzene rings is 1. The highest BCUT2D eigenvalue weighted by molar-refractivity contribution is 5.33. The Hall–Kier alpha value is -2.47. The summed E-state index contributed by atoms with van der Waals surface area (Å²) in [4.78, 5) is 3.96. The molecule has 6 nitrogen and oxygen atoms in total. The van der Waals surface area contributed by atoms with Gasteiger partial charge in [0, 0.05) is 18.8 Å². The number of nitrogens with zero attached hydrogens (tertiary/aromatic N) is 5. The summed E-state index contributed by atoms with van der Waals surface area (Å²) in [6.07, 6.45) is 7.21. The van der Waals surface area contributed by atoms with Crippen molar-refractivity contribution in [3.05, 3.63) is 60.4 Å². The Morgan fingerprint density at radius 2 is 1.91 bits per heavy atom. The highest BCUT2D eigenvalue weighted by Gasteiger charge is 2.14. The van der Waals surface area contributed by atoms with Crippen molar-refractivity contribution < 1.29 is 0 Å². The van der Waals surface area contributed by atoms with E-state index in [0.717, 1.165) is 12.2 Å². The zero-order valence-electron chi connectivity index (χ0n) is 13.7. The van der Waals surface area contributed by atoms with E-state index in [0.29, 0.717) is 12.1 Å². The lowest BCUT2D eigenvalue weighted by molar-refractivity contribution is 0.365. The van der Waals surface area contributed by atoms with Crippen LogP contribution in [-0.2, 0) is 6.54 Å². The molecule has 6 heteroatoms. The monoisotopic (exact) mass is 310 g/mol. The van der Waals surface area contributed by atoms with Crippen LogP contribution in [0, 0.1) is 6.92 Å². The number of hydrogen-bond acceptors (Lipinski definition) is 4. The quantitative estimate of drug-likeness (QED) is 0.760.